The molecule has 154 valence electrons. The van der Waals surface area contributed by atoms with Crippen LogP contribution >= 0.6 is 0 Å². The van der Waals surface area contributed by atoms with Crippen LogP contribution in [-0.2, 0) is 11.3 Å². The molecule has 3 aliphatic heterocycles. The molecule has 1 saturated heterocycles. The Kier molecular flexibility index (Phi) is 4.49. The summed E-state index contributed by atoms with van der Waals surface area (Å²) in [5.41, 5.74) is 0. The number of amidine groups is 1. The summed E-state index contributed by atoms with van der Waals surface area (Å²) in [4.78, 5) is 19.5. The van der Waals surface area contributed by atoms with Gasteiger partial charge in [-0.2, -0.15) is 13.2 Å². The van der Waals surface area contributed by atoms with Crippen molar-refractivity contribution in [1.29, 1.82) is 0 Å². The number of alkyl halides is 3. The Balaban J connectivity index is 1.61. The first kappa shape index (κ1) is 19.2. The molecule has 4 heterocycles. The molecule has 1 unspecified atom stereocenters. The minimum Gasteiger partial charge on any atom is -0.346 e. The van der Waals surface area contributed by atoms with Crippen LogP contribution in [0.15, 0.2) is 41.8 Å². The van der Waals surface area contributed by atoms with E-state index in [9.17, 15) is 18.0 Å². The third-order valence-corrected chi connectivity index (χ3v) is 4.86. The molecule has 3 aliphatic rings. The van der Waals surface area contributed by atoms with Gasteiger partial charge in [0, 0.05) is 26.2 Å². The molecule has 29 heavy (non-hydrogen) atoms. The highest BCUT2D eigenvalue weighted by atomic mass is 19.4. The van der Waals surface area contributed by atoms with Gasteiger partial charge in [-0.15, -0.1) is 4.59 Å². The number of aromatic nitrogens is 2. The lowest BCUT2D eigenvalue weighted by Gasteiger charge is -2.24. The van der Waals surface area contributed by atoms with Crippen LogP contribution in [0, 0.1) is 0 Å². The van der Waals surface area contributed by atoms with E-state index in [2.05, 4.69) is 15.4 Å². The minimum atomic E-state index is -4.40. The lowest BCUT2D eigenvalue weighted by atomic mass is 10.4. The number of carbonyl (C=O) groups is 1. The molecule has 4 rings (SSSR count). The average molecular weight is 408 g/mol. The zero-order valence-corrected chi connectivity index (χ0v) is 16.0. The van der Waals surface area contributed by atoms with Gasteiger partial charge in [0.15, 0.2) is 11.7 Å². The Bertz CT molecular complexity index is 959. The van der Waals surface area contributed by atoms with Gasteiger partial charge in [0.25, 0.3) is 5.82 Å². The highest BCUT2D eigenvalue weighted by molar-refractivity contribution is 5.98. The number of hydrogen-bond donors (Lipinski definition) is 1. The summed E-state index contributed by atoms with van der Waals surface area (Å²) in [5.74, 6) is 1.53. The molecule has 0 spiro atoms. The summed E-state index contributed by atoms with van der Waals surface area (Å²) in [5, 5.41) is 7.69. The fraction of sp³-hybridized carbons (Fsp3) is 0.389. The van der Waals surface area contributed by atoms with Crippen molar-refractivity contribution in [1.82, 2.24) is 19.8 Å². The number of halogens is 3. The highest BCUT2D eigenvalue weighted by Crippen LogP contribution is 2.26. The number of nitrogens with one attached hydrogen (secondary N) is 1. The average Bonchev–Trinajstić information content (AvgIpc) is 3.29. The third kappa shape index (κ3) is 3.90. The standard InChI is InChI=1S/C18H21F3N7O/c1-25-8-9-28(2)16(11-25)22-13(24-28)5-6-14-23-15(27-7-3-4-17(27)29)10-26(14)12-18(19,20)21/h5-6,8-11H,3-4,7,12H2,1-2H3,(H,22,24)/q+1/b6-5+. The number of quaternary nitrogens is 1. The fourth-order valence-corrected chi connectivity index (χ4v) is 3.40. The van der Waals surface area contributed by atoms with Crippen molar-refractivity contribution in [2.45, 2.75) is 25.6 Å². The number of imidazole rings is 1. The van der Waals surface area contributed by atoms with Gasteiger partial charge >= 0.3 is 6.18 Å². The van der Waals surface area contributed by atoms with E-state index >= 15 is 0 Å². The number of rotatable bonds is 4. The predicted molar refractivity (Wildman–Crippen MR) is 101 cm³/mol. The summed E-state index contributed by atoms with van der Waals surface area (Å²) in [6, 6.07) is 0. The first-order valence-corrected chi connectivity index (χ1v) is 9.12. The molecule has 1 fully saturated rings. The largest absolute Gasteiger partial charge is 0.406 e. The van der Waals surface area contributed by atoms with E-state index in [1.54, 1.807) is 6.08 Å². The molecule has 1 amide bonds. The predicted octanol–water partition coefficient (Wildman–Crippen LogP) is 2.16. The van der Waals surface area contributed by atoms with Gasteiger partial charge in [0.05, 0.1) is 12.4 Å². The molecule has 0 bridgehead atoms. The summed E-state index contributed by atoms with van der Waals surface area (Å²) in [6.45, 7) is -0.725. The van der Waals surface area contributed by atoms with Crippen molar-refractivity contribution in [3.63, 3.8) is 0 Å². The second-order valence-corrected chi connectivity index (χ2v) is 7.30. The van der Waals surface area contributed by atoms with Crippen LogP contribution in [0.5, 0.6) is 0 Å². The number of anilines is 1. The van der Waals surface area contributed by atoms with Gasteiger partial charge in [-0.05, 0) is 18.6 Å². The van der Waals surface area contributed by atoms with E-state index in [1.165, 1.54) is 17.2 Å². The summed E-state index contributed by atoms with van der Waals surface area (Å²) < 4.78 is 40.2. The summed E-state index contributed by atoms with van der Waals surface area (Å²) >= 11 is 0. The maximum Gasteiger partial charge on any atom is 0.406 e. The molecule has 0 aromatic carbocycles. The molecule has 1 N–H and O–H groups in total. The Morgan fingerprint density at radius 3 is 2.83 bits per heavy atom. The Morgan fingerprint density at radius 2 is 2.14 bits per heavy atom. The molecule has 1 atom stereocenters. The monoisotopic (exact) mass is 408 g/mol. The van der Waals surface area contributed by atoms with Gasteiger partial charge in [-0.25, -0.2) is 4.98 Å². The Labute approximate surface area is 165 Å². The van der Waals surface area contributed by atoms with Gasteiger partial charge in [0.1, 0.15) is 25.6 Å². The van der Waals surface area contributed by atoms with Crippen LogP contribution in [0.1, 0.15) is 18.7 Å². The molecule has 11 heteroatoms. The lowest BCUT2D eigenvalue weighted by Crippen LogP contribution is -2.36. The third-order valence-electron chi connectivity index (χ3n) is 4.86. The smallest absolute Gasteiger partial charge is 0.346 e. The van der Waals surface area contributed by atoms with E-state index in [0.717, 1.165) is 10.4 Å². The number of amides is 1. The zero-order chi connectivity index (χ0) is 20.8. The quantitative estimate of drug-likeness (QED) is 0.776. The molecule has 0 radical (unpaired) electrons. The zero-order valence-electron chi connectivity index (χ0n) is 16.0. The molecule has 0 saturated carbocycles. The fourth-order valence-electron chi connectivity index (χ4n) is 3.40. The molecular weight excluding hydrogens is 387 g/mol. The SMILES string of the molecule is CN1C=C[N+]2(C)N=C(/C=C/c3nc(N4CCCC4=O)cn3CC(F)(F)F)NC2=C1. The maximum atomic E-state index is 13.0. The molecule has 8 nitrogen and oxygen atoms in total. The summed E-state index contributed by atoms with van der Waals surface area (Å²) in [6.07, 6.45) is 6.61. The molecule has 1 aromatic heterocycles. The van der Waals surface area contributed by atoms with Crippen LogP contribution in [0.25, 0.3) is 6.08 Å². The first-order valence-electron chi connectivity index (χ1n) is 9.12. The Morgan fingerprint density at radius 1 is 1.34 bits per heavy atom. The summed E-state index contributed by atoms with van der Waals surface area (Å²) in [7, 11) is 3.77. The molecule has 0 aliphatic carbocycles. The van der Waals surface area contributed by atoms with E-state index < -0.39 is 12.7 Å². The van der Waals surface area contributed by atoms with Gasteiger partial charge in [-0.3, -0.25) is 15.0 Å². The van der Waals surface area contributed by atoms with Crippen molar-refractivity contribution in [3.8, 4) is 0 Å². The van der Waals surface area contributed by atoms with Crippen molar-refractivity contribution in [3.05, 3.63) is 42.5 Å². The molecular formula is C18H21F3N7O+. The van der Waals surface area contributed by atoms with Gasteiger partial charge in [0.2, 0.25) is 5.91 Å². The normalized spacial score (nSPS) is 24.2. The number of fused-ring (bicyclic) bond motifs is 1. The van der Waals surface area contributed by atoms with Crippen molar-refractivity contribution in [2.75, 3.05) is 25.5 Å². The second-order valence-electron chi connectivity index (χ2n) is 7.30. The Hall–Kier alpha value is -3.08. The van der Waals surface area contributed by atoms with E-state index in [1.807, 2.05) is 37.6 Å². The van der Waals surface area contributed by atoms with E-state index in [-0.39, 0.29) is 22.1 Å². The maximum absolute atomic E-state index is 13.0. The second kappa shape index (κ2) is 6.76. The number of hydrogen-bond acceptors (Lipinski definition) is 5. The van der Waals surface area contributed by atoms with Crippen LogP contribution in [0.2, 0.25) is 0 Å². The number of carbonyl (C=O) groups excluding carboxylic acids is 1. The van der Waals surface area contributed by atoms with Crippen molar-refractivity contribution < 1.29 is 22.6 Å². The van der Waals surface area contributed by atoms with Crippen LogP contribution in [-0.4, -0.2) is 57.6 Å². The number of nitrogens with zero attached hydrogens (tertiary/aromatic N) is 6. The topological polar surface area (TPSA) is 65.8 Å². The van der Waals surface area contributed by atoms with Gasteiger partial charge in [-0.1, -0.05) is 5.10 Å². The van der Waals surface area contributed by atoms with Gasteiger partial charge < -0.3 is 9.47 Å². The highest BCUT2D eigenvalue weighted by Gasteiger charge is 2.36. The first-order chi connectivity index (χ1) is 13.6. The van der Waals surface area contributed by atoms with Crippen molar-refractivity contribution in [2.24, 2.45) is 5.10 Å². The van der Waals surface area contributed by atoms with E-state index in [4.69, 9.17) is 0 Å². The van der Waals surface area contributed by atoms with Crippen LogP contribution in [0.3, 0.4) is 0 Å². The van der Waals surface area contributed by atoms with Crippen molar-refractivity contribution >= 4 is 23.6 Å². The van der Waals surface area contributed by atoms with Crippen LogP contribution < -0.4 is 10.2 Å². The van der Waals surface area contributed by atoms with Crippen LogP contribution in [0.4, 0.5) is 19.0 Å². The lowest BCUT2D eigenvalue weighted by molar-refractivity contribution is -0.826. The molecule has 1 aromatic rings. The van der Waals surface area contributed by atoms with E-state index in [0.29, 0.717) is 25.2 Å². The minimum absolute atomic E-state index is 0.107.